The first-order valence-electron chi connectivity index (χ1n) is 9.80. The molecule has 30 heavy (non-hydrogen) atoms. The van der Waals surface area contributed by atoms with Crippen molar-refractivity contribution in [2.45, 2.75) is 39.3 Å². The lowest BCUT2D eigenvalue weighted by Crippen LogP contribution is -2.38. The number of benzene rings is 1. The van der Waals surface area contributed by atoms with Gasteiger partial charge in [-0.2, -0.15) is 15.0 Å². The van der Waals surface area contributed by atoms with E-state index in [0.29, 0.717) is 49.0 Å². The van der Waals surface area contributed by atoms with E-state index in [2.05, 4.69) is 25.6 Å². The molecule has 2 N–H and O–H groups in total. The van der Waals surface area contributed by atoms with Gasteiger partial charge in [0.2, 0.25) is 11.9 Å². The Hall–Kier alpha value is -2.65. The van der Waals surface area contributed by atoms with Gasteiger partial charge in [-0.15, -0.1) is 0 Å². The molecule has 0 bridgehead atoms. The van der Waals surface area contributed by atoms with Crippen LogP contribution in [0.2, 0.25) is 5.02 Å². The number of amides is 1. The highest BCUT2D eigenvalue weighted by Gasteiger charge is 2.22. The van der Waals surface area contributed by atoms with Crippen molar-refractivity contribution in [2.75, 3.05) is 36.5 Å². The number of morpholine rings is 1. The summed E-state index contributed by atoms with van der Waals surface area (Å²) >= 11 is 5.96. The summed E-state index contributed by atoms with van der Waals surface area (Å²) in [5.74, 6) is 1.33. The van der Waals surface area contributed by atoms with E-state index in [9.17, 15) is 4.79 Å². The predicted octanol–water partition coefficient (Wildman–Crippen LogP) is 3.69. The van der Waals surface area contributed by atoms with E-state index < -0.39 is 17.7 Å². The maximum Gasteiger partial charge on any atom is 0.408 e. The number of carbonyl (C=O) groups excluding carboxylic acids is 1. The van der Waals surface area contributed by atoms with Gasteiger partial charge >= 0.3 is 6.09 Å². The predicted molar refractivity (Wildman–Crippen MR) is 115 cm³/mol. The molecule has 1 aromatic carbocycles. The standard InChI is InChI=1S/C20H27ClN6O3/c1-13(22-19(28)30-20(2,3)4)16-24-17(23-15-7-5-14(21)6-8-15)26-18(25-16)27-9-11-29-12-10-27/h5-8,13H,9-12H2,1-4H3,(H,22,28)(H,23,24,25,26)/t13-/m1/s1. The van der Waals surface area contributed by atoms with Crippen LogP contribution in [0, 0.1) is 0 Å². The highest BCUT2D eigenvalue weighted by atomic mass is 35.5. The molecule has 0 unspecified atom stereocenters. The maximum atomic E-state index is 12.2. The molecule has 162 valence electrons. The van der Waals surface area contributed by atoms with Crippen LogP contribution in [0.5, 0.6) is 0 Å². The number of hydrogen-bond acceptors (Lipinski definition) is 8. The first-order valence-corrected chi connectivity index (χ1v) is 10.2. The van der Waals surface area contributed by atoms with Crippen molar-refractivity contribution in [1.29, 1.82) is 0 Å². The molecule has 0 radical (unpaired) electrons. The molecule has 2 aromatic rings. The molecule has 2 heterocycles. The van der Waals surface area contributed by atoms with Gasteiger partial charge in [-0.1, -0.05) is 11.6 Å². The van der Waals surface area contributed by atoms with Gasteiger partial charge in [-0.25, -0.2) is 4.79 Å². The first kappa shape index (κ1) is 22.0. The van der Waals surface area contributed by atoms with E-state index in [1.807, 2.05) is 37.8 Å². The lowest BCUT2D eigenvalue weighted by atomic mass is 10.2. The Bertz CT molecular complexity index is 866. The summed E-state index contributed by atoms with van der Waals surface area (Å²) in [6, 6.07) is 6.75. The van der Waals surface area contributed by atoms with Gasteiger partial charge in [0.1, 0.15) is 5.60 Å². The molecule has 1 atom stereocenters. The Kier molecular flexibility index (Phi) is 6.94. The summed E-state index contributed by atoms with van der Waals surface area (Å²) in [7, 11) is 0. The average molecular weight is 435 g/mol. The minimum absolute atomic E-state index is 0.377. The van der Waals surface area contributed by atoms with E-state index in [1.54, 1.807) is 19.1 Å². The fourth-order valence-electron chi connectivity index (χ4n) is 2.75. The second-order valence-corrected chi connectivity index (χ2v) is 8.35. The number of hydrogen-bond donors (Lipinski definition) is 2. The van der Waals surface area contributed by atoms with Crippen molar-refractivity contribution in [2.24, 2.45) is 0 Å². The lowest BCUT2D eigenvalue weighted by Gasteiger charge is -2.27. The quantitative estimate of drug-likeness (QED) is 0.734. The molecule has 1 fully saturated rings. The average Bonchev–Trinajstić information content (AvgIpc) is 2.68. The second kappa shape index (κ2) is 9.44. The third kappa shape index (κ3) is 6.43. The van der Waals surface area contributed by atoms with Crippen LogP contribution in [0.15, 0.2) is 24.3 Å². The summed E-state index contributed by atoms with van der Waals surface area (Å²) in [5.41, 5.74) is 0.195. The van der Waals surface area contributed by atoms with Crippen LogP contribution < -0.4 is 15.5 Å². The number of alkyl carbamates (subject to hydrolysis) is 1. The van der Waals surface area contributed by atoms with E-state index in [1.165, 1.54) is 0 Å². The van der Waals surface area contributed by atoms with Crippen LogP contribution in [0.3, 0.4) is 0 Å². The molecule has 9 nitrogen and oxygen atoms in total. The van der Waals surface area contributed by atoms with Gasteiger partial charge in [0.15, 0.2) is 5.82 Å². The van der Waals surface area contributed by atoms with Gasteiger partial charge < -0.3 is 25.0 Å². The van der Waals surface area contributed by atoms with Gasteiger partial charge in [-0.3, -0.25) is 0 Å². The fourth-order valence-corrected chi connectivity index (χ4v) is 2.87. The topological polar surface area (TPSA) is 102 Å². The summed E-state index contributed by atoms with van der Waals surface area (Å²) in [6.07, 6.45) is -0.532. The van der Waals surface area contributed by atoms with Gasteiger partial charge in [0.25, 0.3) is 0 Å². The van der Waals surface area contributed by atoms with E-state index in [0.717, 1.165) is 5.69 Å². The maximum absolute atomic E-state index is 12.2. The minimum Gasteiger partial charge on any atom is -0.444 e. The summed E-state index contributed by atoms with van der Waals surface area (Å²) in [4.78, 5) is 27.8. The molecule has 1 aliphatic rings. The lowest BCUT2D eigenvalue weighted by molar-refractivity contribution is 0.0505. The molecule has 1 aliphatic heterocycles. The molecule has 0 saturated carbocycles. The van der Waals surface area contributed by atoms with Crippen LogP contribution in [0.4, 0.5) is 22.4 Å². The highest BCUT2D eigenvalue weighted by Crippen LogP contribution is 2.21. The van der Waals surface area contributed by atoms with Crippen LogP contribution in [0.1, 0.15) is 39.6 Å². The van der Waals surface area contributed by atoms with Crippen LogP contribution in [-0.4, -0.2) is 52.9 Å². The van der Waals surface area contributed by atoms with Crippen molar-refractivity contribution < 1.29 is 14.3 Å². The van der Waals surface area contributed by atoms with Gasteiger partial charge in [0.05, 0.1) is 19.3 Å². The second-order valence-electron chi connectivity index (χ2n) is 7.92. The largest absolute Gasteiger partial charge is 0.444 e. The zero-order valence-electron chi connectivity index (χ0n) is 17.6. The highest BCUT2D eigenvalue weighted by molar-refractivity contribution is 6.30. The minimum atomic E-state index is -0.594. The Labute approximate surface area is 181 Å². The zero-order chi connectivity index (χ0) is 21.7. The third-order valence-corrected chi connectivity index (χ3v) is 4.41. The van der Waals surface area contributed by atoms with Crippen LogP contribution in [-0.2, 0) is 9.47 Å². The van der Waals surface area contributed by atoms with E-state index in [-0.39, 0.29) is 0 Å². The molecular formula is C20H27ClN6O3. The normalized spacial score (nSPS) is 15.4. The fraction of sp³-hybridized carbons (Fsp3) is 0.500. The van der Waals surface area contributed by atoms with Crippen molar-refractivity contribution in [3.8, 4) is 0 Å². The Morgan fingerprint density at radius 1 is 1.17 bits per heavy atom. The van der Waals surface area contributed by atoms with Gasteiger partial charge in [-0.05, 0) is 52.0 Å². The van der Waals surface area contributed by atoms with E-state index >= 15 is 0 Å². The summed E-state index contributed by atoms with van der Waals surface area (Å²) in [6.45, 7) is 9.80. The molecule has 1 aromatic heterocycles. The number of halogens is 1. The monoisotopic (exact) mass is 434 g/mol. The number of nitrogens with zero attached hydrogens (tertiary/aromatic N) is 4. The van der Waals surface area contributed by atoms with Crippen molar-refractivity contribution in [3.05, 3.63) is 35.1 Å². The number of nitrogens with one attached hydrogen (secondary N) is 2. The number of rotatable bonds is 5. The Balaban J connectivity index is 1.84. The SMILES string of the molecule is C[C@@H](NC(=O)OC(C)(C)C)c1nc(Nc2ccc(Cl)cc2)nc(N2CCOCC2)n1. The van der Waals surface area contributed by atoms with Gasteiger partial charge in [0, 0.05) is 23.8 Å². The summed E-state index contributed by atoms with van der Waals surface area (Å²) in [5, 5.41) is 6.59. The first-order chi connectivity index (χ1) is 14.2. The molecule has 10 heteroatoms. The Morgan fingerprint density at radius 2 is 1.83 bits per heavy atom. The zero-order valence-corrected chi connectivity index (χ0v) is 18.4. The van der Waals surface area contributed by atoms with E-state index in [4.69, 9.17) is 21.1 Å². The van der Waals surface area contributed by atoms with Crippen LogP contribution in [0.25, 0.3) is 0 Å². The summed E-state index contributed by atoms with van der Waals surface area (Å²) < 4.78 is 10.8. The molecule has 3 rings (SSSR count). The number of anilines is 3. The number of ether oxygens (including phenoxy) is 2. The van der Waals surface area contributed by atoms with Crippen molar-refractivity contribution in [3.63, 3.8) is 0 Å². The van der Waals surface area contributed by atoms with Crippen LogP contribution >= 0.6 is 11.6 Å². The molecular weight excluding hydrogens is 408 g/mol. The van der Waals surface area contributed by atoms with Crippen molar-refractivity contribution >= 4 is 35.3 Å². The Morgan fingerprint density at radius 3 is 2.47 bits per heavy atom. The number of carbonyl (C=O) groups is 1. The molecule has 1 saturated heterocycles. The molecule has 1 amide bonds. The molecule has 0 aliphatic carbocycles. The third-order valence-electron chi connectivity index (χ3n) is 4.16. The smallest absolute Gasteiger partial charge is 0.408 e. The molecule has 0 spiro atoms. The number of aromatic nitrogens is 3. The van der Waals surface area contributed by atoms with Crippen molar-refractivity contribution in [1.82, 2.24) is 20.3 Å².